The molecule has 2 aliphatic rings. The summed E-state index contributed by atoms with van der Waals surface area (Å²) in [5.41, 5.74) is 2.22. The van der Waals surface area contributed by atoms with E-state index in [0.717, 1.165) is 63.2 Å². The molecule has 2 aliphatic heterocycles. The van der Waals surface area contributed by atoms with Gasteiger partial charge in [0, 0.05) is 75.0 Å². The molecule has 2 aromatic rings. The highest BCUT2D eigenvalue weighted by atomic mass is 16.6. The van der Waals surface area contributed by atoms with E-state index in [4.69, 9.17) is 10.2 Å². The number of nitro benzene ring substituents is 2. The SMILES string of the molecule is O=[N+]([O-])c1ccc(N2CCCC(CO)C2)cc1.O=[N+]([O-])c1ccc(N2CCCC(CO)C2)cc1. The van der Waals surface area contributed by atoms with E-state index in [-0.39, 0.29) is 24.6 Å². The van der Waals surface area contributed by atoms with Crippen LogP contribution in [0.2, 0.25) is 0 Å². The summed E-state index contributed by atoms with van der Waals surface area (Å²) >= 11 is 0. The van der Waals surface area contributed by atoms with Gasteiger partial charge >= 0.3 is 0 Å². The Labute approximate surface area is 198 Å². The van der Waals surface area contributed by atoms with Crippen molar-refractivity contribution < 1.29 is 20.1 Å². The van der Waals surface area contributed by atoms with Crippen LogP contribution in [-0.2, 0) is 0 Å². The van der Waals surface area contributed by atoms with Crippen LogP contribution in [0.3, 0.4) is 0 Å². The van der Waals surface area contributed by atoms with Crippen LogP contribution in [0, 0.1) is 32.1 Å². The van der Waals surface area contributed by atoms with Crippen molar-refractivity contribution in [3.63, 3.8) is 0 Å². The number of hydrogen-bond acceptors (Lipinski definition) is 8. The zero-order valence-electron chi connectivity index (χ0n) is 19.2. The van der Waals surface area contributed by atoms with Crippen molar-refractivity contribution in [2.45, 2.75) is 25.7 Å². The van der Waals surface area contributed by atoms with Crippen molar-refractivity contribution in [1.29, 1.82) is 0 Å². The van der Waals surface area contributed by atoms with Gasteiger partial charge in [0.05, 0.1) is 9.85 Å². The van der Waals surface area contributed by atoms with E-state index in [9.17, 15) is 20.2 Å². The third-order valence-electron chi connectivity index (χ3n) is 6.41. The molecule has 2 atom stereocenters. The second-order valence-electron chi connectivity index (χ2n) is 8.82. The summed E-state index contributed by atoms with van der Waals surface area (Å²) in [5.74, 6) is 0.637. The van der Waals surface area contributed by atoms with Gasteiger partial charge in [-0.1, -0.05) is 0 Å². The Morgan fingerprint density at radius 3 is 1.35 bits per heavy atom. The molecule has 2 aromatic carbocycles. The average molecular weight is 473 g/mol. The molecule has 0 saturated carbocycles. The summed E-state index contributed by atoms with van der Waals surface area (Å²) in [7, 11) is 0. The summed E-state index contributed by atoms with van der Waals surface area (Å²) in [4.78, 5) is 24.7. The average Bonchev–Trinajstić information content (AvgIpc) is 2.89. The van der Waals surface area contributed by atoms with Crippen molar-refractivity contribution in [1.82, 2.24) is 0 Å². The lowest BCUT2D eigenvalue weighted by Gasteiger charge is -2.33. The van der Waals surface area contributed by atoms with Crippen LogP contribution in [0.25, 0.3) is 0 Å². The Kier molecular flexibility index (Phi) is 9.17. The maximum Gasteiger partial charge on any atom is 0.269 e. The van der Waals surface area contributed by atoms with Gasteiger partial charge in [-0.05, 0) is 61.8 Å². The summed E-state index contributed by atoms with van der Waals surface area (Å²) in [6, 6.07) is 13.2. The summed E-state index contributed by atoms with van der Waals surface area (Å²) in [6.45, 7) is 3.98. The molecular formula is C24H32N4O6. The quantitative estimate of drug-likeness (QED) is 0.481. The molecule has 2 N–H and O–H groups in total. The zero-order chi connectivity index (χ0) is 24.5. The Balaban J connectivity index is 0.000000191. The van der Waals surface area contributed by atoms with Crippen molar-refractivity contribution in [2.24, 2.45) is 11.8 Å². The van der Waals surface area contributed by atoms with E-state index >= 15 is 0 Å². The number of anilines is 2. The summed E-state index contributed by atoms with van der Waals surface area (Å²) in [5, 5.41) is 39.4. The molecular weight excluding hydrogens is 440 g/mol. The summed E-state index contributed by atoms with van der Waals surface area (Å²) in [6.07, 6.45) is 4.23. The number of nitro groups is 2. The minimum atomic E-state index is -0.392. The van der Waals surface area contributed by atoms with Gasteiger partial charge in [-0.3, -0.25) is 20.2 Å². The largest absolute Gasteiger partial charge is 0.396 e. The maximum atomic E-state index is 10.5. The molecule has 0 spiro atoms. The predicted molar refractivity (Wildman–Crippen MR) is 130 cm³/mol. The molecule has 34 heavy (non-hydrogen) atoms. The minimum Gasteiger partial charge on any atom is -0.396 e. The highest BCUT2D eigenvalue weighted by molar-refractivity contribution is 5.52. The van der Waals surface area contributed by atoms with E-state index in [1.165, 1.54) is 24.3 Å². The predicted octanol–water partition coefficient (Wildman–Crippen LogP) is 3.61. The van der Waals surface area contributed by atoms with Gasteiger partial charge in [0.25, 0.3) is 11.4 Å². The van der Waals surface area contributed by atoms with Crippen molar-refractivity contribution in [3.8, 4) is 0 Å². The first kappa shape index (κ1) is 25.4. The number of rotatable bonds is 6. The molecule has 0 aliphatic carbocycles. The molecule has 0 amide bonds. The topological polar surface area (TPSA) is 133 Å². The zero-order valence-corrected chi connectivity index (χ0v) is 19.2. The fraction of sp³-hybridized carbons (Fsp3) is 0.500. The van der Waals surface area contributed by atoms with E-state index in [1.54, 1.807) is 24.3 Å². The number of non-ortho nitro benzene ring substituents is 2. The molecule has 0 bridgehead atoms. The van der Waals surface area contributed by atoms with Gasteiger partial charge < -0.3 is 20.0 Å². The van der Waals surface area contributed by atoms with Gasteiger partial charge in [0.1, 0.15) is 0 Å². The van der Waals surface area contributed by atoms with Gasteiger partial charge in [-0.25, -0.2) is 0 Å². The molecule has 10 heteroatoms. The second kappa shape index (κ2) is 12.3. The third kappa shape index (κ3) is 6.88. The maximum absolute atomic E-state index is 10.5. The molecule has 2 saturated heterocycles. The molecule has 2 heterocycles. The molecule has 4 rings (SSSR count). The first-order chi connectivity index (χ1) is 16.4. The lowest BCUT2D eigenvalue weighted by atomic mass is 9.98. The van der Waals surface area contributed by atoms with Crippen LogP contribution in [-0.4, -0.2) is 59.5 Å². The van der Waals surface area contributed by atoms with Crippen LogP contribution in [0.1, 0.15) is 25.7 Å². The van der Waals surface area contributed by atoms with Gasteiger partial charge in [0.15, 0.2) is 0 Å². The smallest absolute Gasteiger partial charge is 0.269 e. The highest BCUT2D eigenvalue weighted by Gasteiger charge is 2.21. The van der Waals surface area contributed by atoms with Gasteiger partial charge in [-0.2, -0.15) is 0 Å². The van der Waals surface area contributed by atoms with Crippen LogP contribution in [0.15, 0.2) is 48.5 Å². The highest BCUT2D eigenvalue weighted by Crippen LogP contribution is 2.26. The first-order valence-corrected chi connectivity index (χ1v) is 11.6. The van der Waals surface area contributed by atoms with Crippen LogP contribution in [0.4, 0.5) is 22.7 Å². The number of piperidine rings is 2. The van der Waals surface area contributed by atoms with Crippen molar-refractivity contribution in [3.05, 3.63) is 68.8 Å². The van der Waals surface area contributed by atoms with E-state index in [0.29, 0.717) is 11.8 Å². The molecule has 2 unspecified atom stereocenters. The third-order valence-corrected chi connectivity index (χ3v) is 6.41. The Bertz CT molecular complexity index is 860. The molecule has 0 aromatic heterocycles. The van der Waals surface area contributed by atoms with E-state index in [1.807, 2.05) is 0 Å². The number of aliphatic hydroxyl groups excluding tert-OH is 2. The van der Waals surface area contributed by atoms with Crippen LogP contribution >= 0.6 is 0 Å². The molecule has 184 valence electrons. The number of benzene rings is 2. The van der Waals surface area contributed by atoms with Gasteiger partial charge in [0.2, 0.25) is 0 Å². The van der Waals surface area contributed by atoms with E-state index < -0.39 is 9.85 Å². The molecule has 10 nitrogen and oxygen atoms in total. The minimum absolute atomic E-state index is 0.115. The van der Waals surface area contributed by atoms with Crippen LogP contribution in [0.5, 0.6) is 0 Å². The standard InChI is InChI=1S/2C12H16N2O3/c2*15-9-10-2-1-7-13(8-10)11-3-5-12(6-4-11)14(16)17/h2*3-6,10,15H,1-2,7-9H2. The fourth-order valence-electron chi connectivity index (χ4n) is 4.47. The Hall–Kier alpha value is -3.24. The number of hydrogen-bond donors (Lipinski definition) is 2. The normalized spacial score (nSPS) is 20.3. The molecule has 0 radical (unpaired) electrons. The number of nitrogens with zero attached hydrogens (tertiary/aromatic N) is 4. The van der Waals surface area contributed by atoms with Crippen molar-refractivity contribution >= 4 is 22.7 Å². The van der Waals surface area contributed by atoms with Crippen LogP contribution < -0.4 is 9.80 Å². The van der Waals surface area contributed by atoms with E-state index in [2.05, 4.69) is 9.80 Å². The van der Waals surface area contributed by atoms with Crippen molar-refractivity contribution in [2.75, 3.05) is 49.2 Å². The first-order valence-electron chi connectivity index (χ1n) is 11.6. The monoisotopic (exact) mass is 472 g/mol. The Morgan fingerprint density at radius 2 is 1.06 bits per heavy atom. The second-order valence-corrected chi connectivity index (χ2v) is 8.82. The van der Waals surface area contributed by atoms with Gasteiger partial charge in [-0.15, -0.1) is 0 Å². The number of aliphatic hydroxyl groups is 2. The molecule has 2 fully saturated rings. The lowest BCUT2D eigenvalue weighted by Crippen LogP contribution is -2.36. The Morgan fingerprint density at radius 1 is 0.706 bits per heavy atom. The fourth-order valence-corrected chi connectivity index (χ4v) is 4.47. The lowest BCUT2D eigenvalue weighted by molar-refractivity contribution is -0.385. The summed E-state index contributed by atoms with van der Waals surface area (Å²) < 4.78 is 0.